The van der Waals surface area contributed by atoms with Crippen molar-refractivity contribution < 1.29 is 33.0 Å². The summed E-state index contributed by atoms with van der Waals surface area (Å²) < 4.78 is 31.1. The van der Waals surface area contributed by atoms with E-state index in [2.05, 4.69) is 21.2 Å². The van der Waals surface area contributed by atoms with E-state index in [9.17, 15) is 18.8 Å². The van der Waals surface area contributed by atoms with Crippen molar-refractivity contribution in [3.05, 3.63) is 87.0 Å². The van der Waals surface area contributed by atoms with Gasteiger partial charge in [0.1, 0.15) is 24.7 Å². The van der Waals surface area contributed by atoms with Gasteiger partial charge in [-0.05, 0) is 88.7 Å². The van der Waals surface area contributed by atoms with Crippen LogP contribution in [0.3, 0.4) is 0 Å². The maximum Gasteiger partial charge on any atom is 0.294 e. The van der Waals surface area contributed by atoms with Crippen LogP contribution in [0.25, 0.3) is 6.08 Å². The molecule has 3 aromatic rings. The van der Waals surface area contributed by atoms with Crippen LogP contribution in [0.2, 0.25) is 0 Å². The molecule has 0 aliphatic carbocycles. The monoisotopic (exact) mass is 614 g/mol. The lowest BCUT2D eigenvalue weighted by Gasteiger charge is -2.14. The second-order valence-corrected chi connectivity index (χ2v) is 10.0. The number of nitrogens with one attached hydrogen (secondary N) is 1. The first-order chi connectivity index (χ1) is 18.8. The van der Waals surface area contributed by atoms with Crippen molar-refractivity contribution in [3.63, 3.8) is 0 Å². The van der Waals surface area contributed by atoms with Gasteiger partial charge in [-0.3, -0.25) is 19.3 Å². The van der Waals surface area contributed by atoms with Crippen LogP contribution < -0.4 is 19.5 Å². The van der Waals surface area contributed by atoms with Crippen LogP contribution in [-0.2, 0) is 16.2 Å². The van der Waals surface area contributed by atoms with Gasteiger partial charge in [-0.25, -0.2) is 4.39 Å². The molecule has 1 heterocycles. The van der Waals surface area contributed by atoms with E-state index in [4.69, 9.17) is 14.2 Å². The molecule has 1 aliphatic heterocycles. The first kappa shape index (κ1) is 28.2. The Kier molecular flexibility index (Phi) is 9.26. The van der Waals surface area contributed by atoms with Gasteiger partial charge in [0.15, 0.2) is 11.5 Å². The predicted molar refractivity (Wildman–Crippen MR) is 150 cm³/mol. The summed E-state index contributed by atoms with van der Waals surface area (Å²) in [5, 5.41) is 2.12. The Morgan fingerprint density at radius 1 is 1.10 bits per heavy atom. The lowest BCUT2D eigenvalue weighted by molar-refractivity contribution is -0.127. The Hall–Kier alpha value is -3.83. The Balaban J connectivity index is 1.44. The molecule has 1 fully saturated rings. The molecule has 0 aromatic heterocycles. The van der Waals surface area contributed by atoms with E-state index in [0.29, 0.717) is 45.1 Å². The molecule has 0 bridgehead atoms. The predicted octanol–water partition coefficient (Wildman–Crippen LogP) is 6.25. The van der Waals surface area contributed by atoms with Gasteiger partial charge in [-0.15, -0.1) is 0 Å². The standard InChI is InChI=1S/C28H24BrFN2O6S/c1-3-37-20-10-8-19(9-11-20)31-25(33)15-32-27(34)24(39-28(32)35)14-17-12-21(29)26(23(13-17)36-2)38-16-18-6-4-5-7-22(18)30/h4-14H,3,15-16H2,1-2H3,(H,31,33)/b24-14+. The first-order valence-corrected chi connectivity index (χ1v) is 13.4. The average molecular weight is 615 g/mol. The fourth-order valence-corrected chi connectivity index (χ4v) is 5.07. The molecule has 0 radical (unpaired) electrons. The highest BCUT2D eigenvalue weighted by molar-refractivity contribution is 9.10. The van der Waals surface area contributed by atoms with E-state index < -0.39 is 23.6 Å². The lowest BCUT2D eigenvalue weighted by atomic mass is 10.1. The van der Waals surface area contributed by atoms with Gasteiger partial charge in [0.05, 0.1) is 23.1 Å². The third kappa shape index (κ3) is 6.98. The maximum atomic E-state index is 14.0. The summed E-state index contributed by atoms with van der Waals surface area (Å²) in [6, 6.07) is 16.4. The molecule has 11 heteroatoms. The number of hydrogen-bond acceptors (Lipinski definition) is 7. The van der Waals surface area contributed by atoms with Crippen LogP contribution in [0.15, 0.2) is 70.0 Å². The Bertz CT molecular complexity index is 1430. The van der Waals surface area contributed by atoms with Gasteiger partial charge in [0.2, 0.25) is 5.91 Å². The fraction of sp³-hybridized carbons (Fsp3) is 0.179. The van der Waals surface area contributed by atoms with Crippen molar-refractivity contribution in [1.82, 2.24) is 4.90 Å². The number of carbonyl (C=O) groups excluding carboxylic acids is 3. The number of benzene rings is 3. The largest absolute Gasteiger partial charge is 0.494 e. The molecule has 3 amide bonds. The molecule has 4 rings (SSSR count). The summed E-state index contributed by atoms with van der Waals surface area (Å²) in [5.74, 6) is -0.101. The molecule has 8 nitrogen and oxygen atoms in total. The van der Waals surface area contributed by atoms with Crippen molar-refractivity contribution in [1.29, 1.82) is 0 Å². The Morgan fingerprint density at radius 2 is 1.85 bits per heavy atom. The van der Waals surface area contributed by atoms with Crippen molar-refractivity contribution in [2.45, 2.75) is 13.5 Å². The highest BCUT2D eigenvalue weighted by Crippen LogP contribution is 2.39. The molecule has 0 atom stereocenters. The number of carbonyl (C=O) groups is 3. The molecule has 202 valence electrons. The van der Waals surface area contributed by atoms with Gasteiger partial charge in [0.25, 0.3) is 11.1 Å². The minimum atomic E-state index is -0.582. The number of amides is 3. The maximum absolute atomic E-state index is 14.0. The third-order valence-corrected chi connectivity index (χ3v) is 7.00. The third-order valence-electron chi connectivity index (χ3n) is 5.50. The van der Waals surface area contributed by atoms with Crippen LogP contribution in [0, 0.1) is 5.82 Å². The van der Waals surface area contributed by atoms with E-state index in [1.807, 2.05) is 6.92 Å². The van der Waals surface area contributed by atoms with Gasteiger partial charge < -0.3 is 19.5 Å². The SMILES string of the molecule is CCOc1ccc(NC(=O)CN2C(=O)S/C(=C/c3cc(Br)c(OCc4ccccc4F)c(OC)c3)C2=O)cc1. The highest BCUT2D eigenvalue weighted by Gasteiger charge is 2.36. The van der Waals surface area contributed by atoms with E-state index >= 15 is 0 Å². The summed E-state index contributed by atoms with van der Waals surface area (Å²) in [7, 11) is 1.46. The summed E-state index contributed by atoms with van der Waals surface area (Å²) in [6.07, 6.45) is 1.53. The van der Waals surface area contributed by atoms with E-state index in [0.717, 1.165) is 16.7 Å². The average Bonchev–Trinajstić information content (AvgIpc) is 3.17. The van der Waals surface area contributed by atoms with Crippen LogP contribution >= 0.6 is 27.7 Å². The molecule has 1 N–H and O–H groups in total. The Morgan fingerprint density at radius 3 is 2.54 bits per heavy atom. The molecular weight excluding hydrogens is 591 g/mol. The molecule has 39 heavy (non-hydrogen) atoms. The molecule has 1 saturated heterocycles. The number of ether oxygens (including phenoxy) is 3. The molecule has 3 aromatic carbocycles. The lowest BCUT2D eigenvalue weighted by Crippen LogP contribution is -2.36. The normalized spacial score (nSPS) is 14.1. The first-order valence-electron chi connectivity index (χ1n) is 11.8. The number of rotatable bonds is 10. The van der Waals surface area contributed by atoms with Gasteiger partial charge in [-0.1, -0.05) is 18.2 Å². The smallest absolute Gasteiger partial charge is 0.294 e. The van der Waals surface area contributed by atoms with Crippen molar-refractivity contribution in [2.75, 3.05) is 25.6 Å². The number of imide groups is 1. The van der Waals surface area contributed by atoms with Crippen LogP contribution in [0.5, 0.6) is 17.2 Å². The second-order valence-electron chi connectivity index (χ2n) is 8.19. The summed E-state index contributed by atoms with van der Waals surface area (Å²) in [5.41, 5.74) is 1.46. The number of hydrogen-bond donors (Lipinski definition) is 1. The number of halogens is 2. The topological polar surface area (TPSA) is 94.2 Å². The minimum absolute atomic E-state index is 0.0153. The number of anilines is 1. The highest BCUT2D eigenvalue weighted by atomic mass is 79.9. The van der Waals surface area contributed by atoms with Crippen LogP contribution in [-0.4, -0.2) is 42.2 Å². The summed E-state index contributed by atoms with van der Waals surface area (Å²) >= 11 is 4.18. The van der Waals surface area contributed by atoms with Gasteiger partial charge >= 0.3 is 0 Å². The van der Waals surface area contributed by atoms with Gasteiger partial charge in [0, 0.05) is 11.3 Å². The van der Waals surface area contributed by atoms with Crippen molar-refractivity contribution in [3.8, 4) is 17.2 Å². The molecular formula is C28H24BrFN2O6S. The van der Waals surface area contributed by atoms with Crippen LogP contribution in [0.1, 0.15) is 18.1 Å². The quantitative estimate of drug-likeness (QED) is 0.270. The van der Waals surface area contributed by atoms with E-state index in [1.165, 1.54) is 19.3 Å². The molecule has 0 unspecified atom stereocenters. The molecule has 0 saturated carbocycles. The zero-order valence-electron chi connectivity index (χ0n) is 21.0. The Labute approximate surface area is 237 Å². The summed E-state index contributed by atoms with van der Waals surface area (Å²) in [6.45, 7) is 1.95. The second kappa shape index (κ2) is 12.8. The van der Waals surface area contributed by atoms with Crippen molar-refractivity contribution >= 4 is 56.5 Å². The minimum Gasteiger partial charge on any atom is -0.494 e. The van der Waals surface area contributed by atoms with E-state index in [-0.39, 0.29) is 17.3 Å². The molecule has 1 aliphatic rings. The fourth-order valence-electron chi connectivity index (χ4n) is 3.66. The van der Waals surface area contributed by atoms with Crippen LogP contribution in [0.4, 0.5) is 14.9 Å². The van der Waals surface area contributed by atoms with E-state index in [1.54, 1.807) is 54.6 Å². The van der Waals surface area contributed by atoms with Crippen molar-refractivity contribution in [2.24, 2.45) is 0 Å². The molecule has 0 spiro atoms. The number of methoxy groups -OCH3 is 1. The zero-order chi connectivity index (χ0) is 27.9. The number of thioether (sulfide) groups is 1. The van der Waals surface area contributed by atoms with Gasteiger partial charge in [-0.2, -0.15) is 0 Å². The number of nitrogens with zero attached hydrogens (tertiary/aromatic N) is 1. The summed E-state index contributed by atoms with van der Waals surface area (Å²) in [4.78, 5) is 39.0. The zero-order valence-corrected chi connectivity index (χ0v) is 23.4.